The van der Waals surface area contributed by atoms with Crippen LogP contribution in [-0.2, 0) is 16.4 Å². The minimum atomic E-state index is -3.55. The lowest BCUT2D eigenvalue weighted by Crippen LogP contribution is -2.31. The van der Waals surface area contributed by atoms with Crippen molar-refractivity contribution in [1.29, 1.82) is 0 Å². The van der Waals surface area contributed by atoms with Crippen LogP contribution in [0.15, 0.2) is 47.4 Å². The van der Waals surface area contributed by atoms with Crippen molar-refractivity contribution >= 4 is 21.6 Å². The van der Waals surface area contributed by atoms with Gasteiger partial charge in [0, 0.05) is 25.3 Å². The second kappa shape index (κ2) is 7.17. The lowest BCUT2D eigenvalue weighted by atomic mass is 10.1. The molecule has 0 fully saturated rings. The number of sulfonamides is 1. The van der Waals surface area contributed by atoms with Crippen molar-refractivity contribution < 1.29 is 17.6 Å². The van der Waals surface area contributed by atoms with E-state index in [0.29, 0.717) is 31.7 Å². The third-order valence-corrected chi connectivity index (χ3v) is 6.68. The van der Waals surface area contributed by atoms with Gasteiger partial charge in [0.25, 0.3) is 5.91 Å². The lowest BCUT2D eigenvalue weighted by molar-refractivity contribution is 0.0985. The van der Waals surface area contributed by atoms with Gasteiger partial charge in [0.1, 0.15) is 5.82 Å². The van der Waals surface area contributed by atoms with E-state index < -0.39 is 21.7 Å². The molecular weight excluding hydrogens is 355 g/mol. The van der Waals surface area contributed by atoms with Crippen LogP contribution in [0.5, 0.6) is 0 Å². The second-order valence-electron chi connectivity index (χ2n) is 6.07. The van der Waals surface area contributed by atoms with Crippen molar-refractivity contribution in [3.63, 3.8) is 0 Å². The summed E-state index contributed by atoms with van der Waals surface area (Å²) in [7, 11) is -3.55. The Morgan fingerprint density at radius 2 is 1.85 bits per heavy atom. The number of nitrogens with zero attached hydrogens (tertiary/aromatic N) is 2. The highest BCUT2D eigenvalue weighted by Crippen LogP contribution is 2.32. The molecule has 0 unspecified atom stereocenters. The van der Waals surface area contributed by atoms with Gasteiger partial charge in [-0.15, -0.1) is 0 Å². The first-order valence-electron chi connectivity index (χ1n) is 8.59. The maximum Gasteiger partial charge on any atom is 0.261 e. The van der Waals surface area contributed by atoms with Gasteiger partial charge in [0.2, 0.25) is 10.0 Å². The minimum absolute atomic E-state index is 0.0141. The SMILES string of the molecule is CCN(CC)S(=O)(=O)c1ccc2c(c1)CCN2C(=O)c1ccccc1F. The lowest BCUT2D eigenvalue weighted by Gasteiger charge is -2.20. The molecule has 0 radical (unpaired) electrons. The van der Waals surface area contributed by atoms with Gasteiger partial charge < -0.3 is 4.90 Å². The highest BCUT2D eigenvalue weighted by molar-refractivity contribution is 7.89. The third kappa shape index (κ3) is 3.12. The normalized spacial score (nSPS) is 13.9. The third-order valence-electron chi connectivity index (χ3n) is 4.64. The van der Waals surface area contributed by atoms with Crippen LogP contribution in [0.4, 0.5) is 10.1 Å². The van der Waals surface area contributed by atoms with Crippen LogP contribution in [0.2, 0.25) is 0 Å². The van der Waals surface area contributed by atoms with Crippen molar-refractivity contribution in [2.45, 2.75) is 25.2 Å². The number of fused-ring (bicyclic) bond motifs is 1. The Morgan fingerprint density at radius 1 is 1.15 bits per heavy atom. The summed E-state index contributed by atoms with van der Waals surface area (Å²) in [6.07, 6.45) is 0.539. The Balaban J connectivity index is 1.94. The largest absolute Gasteiger partial charge is 0.308 e. The maximum atomic E-state index is 13.9. The van der Waals surface area contributed by atoms with Gasteiger partial charge in [-0.1, -0.05) is 26.0 Å². The Morgan fingerprint density at radius 3 is 2.50 bits per heavy atom. The molecule has 0 aliphatic carbocycles. The van der Waals surface area contributed by atoms with E-state index in [9.17, 15) is 17.6 Å². The van der Waals surface area contributed by atoms with Crippen molar-refractivity contribution in [3.8, 4) is 0 Å². The zero-order valence-electron chi connectivity index (χ0n) is 14.8. The molecule has 0 spiro atoms. The molecule has 2 aromatic rings. The number of anilines is 1. The molecule has 2 aromatic carbocycles. The zero-order chi connectivity index (χ0) is 18.9. The average molecular weight is 376 g/mol. The fourth-order valence-corrected chi connectivity index (χ4v) is 4.75. The topological polar surface area (TPSA) is 57.7 Å². The van der Waals surface area contributed by atoms with Crippen LogP contribution in [0, 0.1) is 5.82 Å². The molecule has 5 nitrogen and oxygen atoms in total. The monoisotopic (exact) mass is 376 g/mol. The Labute approximate surface area is 153 Å². The highest BCUT2D eigenvalue weighted by Gasteiger charge is 2.29. The van der Waals surface area contributed by atoms with Crippen molar-refractivity contribution in [3.05, 3.63) is 59.4 Å². The van der Waals surface area contributed by atoms with Crippen LogP contribution in [-0.4, -0.2) is 38.3 Å². The highest BCUT2D eigenvalue weighted by atomic mass is 32.2. The van der Waals surface area contributed by atoms with Crippen molar-refractivity contribution in [2.75, 3.05) is 24.5 Å². The molecule has 0 aromatic heterocycles. The summed E-state index contributed by atoms with van der Waals surface area (Å²) in [5.74, 6) is -0.979. The van der Waals surface area contributed by atoms with Gasteiger partial charge in [-0.25, -0.2) is 12.8 Å². The zero-order valence-corrected chi connectivity index (χ0v) is 15.6. The number of halogens is 1. The molecular formula is C19H21FN2O3S. The average Bonchev–Trinajstić information content (AvgIpc) is 3.05. The molecule has 1 aliphatic heterocycles. The first-order valence-corrected chi connectivity index (χ1v) is 10.0. The molecule has 0 saturated heterocycles. The Hall–Kier alpha value is -2.25. The van der Waals surface area contributed by atoms with E-state index in [1.165, 1.54) is 33.5 Å². The predicted octanol–water partition coefficient (Wildman–Crippen LogP) is 3.06. The van der Waals surface area contributed by atoms with E-state index in [-0.39, 0.29) is 10.5 Å². The van der Waals surface area contributed by atoms with Gasteiger partial charge in [0.05, 0.1) is 10.5 Å². The Kier molecular flexibility index (Phi) is 5.11. The smallest absolute Gasteiger partial charge is 0.261 e. The van der Waals surface area contributed by atoms with Crippen LogP contribution in [0.25, 0.3) is 0 Å². The van der Waals surface area contributed by atoms with E-state index in [4.69, 9.17) is 0 Å². The van der Waals surface area contributed by atoms with E-state index in [1.54, 1.807) is 32.0 Å². The van der Waals surface area contributed by atoms with E-state index in [0.717, 1.165) is 5.56 Å². The fraction of sp³-hybridized carbons (Fsp3) is 0.316. The summed E-state index contributed by atoms with van der Waals surface area (Å²) < 4.78 is 40.7. The number of hydrogen-bond acceptors (Lipinski definition) is 3. The number of carbonyl (C=O) groups excluding carboxylic acids is 1. The standard InChI is InChI=1S/C19H21FN2O3S/c1-3-21(4-2)26(24,25)15-9-10-18-14(13-15)11-12-22(18)19(23)16-7-5-6-8-17(16)20/h5-10,13H,3-4,11-12H2,1-2H3. The molecule has 3 rings (SSSR count). The summed E-state index contributed by atoms with van der Waals surface area (Å²) in [5.41, 5.74) is 1.43. The molecule has 0 N–H and O–H groups in total. The molecule has 7 heteroatoms. The molecule has 0 atom stereocenters. The predicted molar refractivity (Wildman–Crippen MR) is 98.3 cm³/mol. The first kappa shape index (κ1) is 18.5. The summed E-state index contributed by atoms with van der Waals surface area (Å²) in [4.78, 5) is 14.4. The number of hydrogen-bond donors (Lipinski definition) is 0. The van der Waals surface area contributed by atoms with E-state index >= 15 is 0 Å². The van der Waals surface area contributed by atoms with Gasteiger partial charge in [-0.05, 0) is 42.3 Å². The summed E-state index contributed by atoms with van der Waals surface area (Å²) >= 11 is 0. The van der Waals surface area contributed by atoms with E-state index in [2.05, 4.69) is 0 Å². The number of benzene rings is 2. The molecule has 1 aliphatic rings. The maximum absolute atomic E-state index is 13.9. The summed E-state index contributed by atoms with van der Waals surface area (Å²) in [6, 6.07) is 10.6. The van der Waals surface area contributed by atoms with Crippen LogP contribution in [0.3, 0.4) is 0 Å². The van der Waals surface area contributed by atoms with Crippen LogP contribution >= 0.6 is 0 Å². The Bertz CT molecular complexity index is 940. The van der Waals surface area contributed by atoms with Crippen LogP contribution < -0.4 is 4.90 Å². The minimum Gasteiger partial charge on any atom is -0.308 e. The van der Waals surface area contributed by atoms with Crippen molar-refractivity contribution in [2.24, 2.45) is 0 Å². The first-order chi connectivity index (χ1) is 12.4. The molecule has 1 amide bonds. The molecule has 1 heterocycles. The fourth-order valence-electron chi connectivity index (χ4n) is 3.24. The quantitative estimate of drug-likeness (QED) is 0.806. The number of rotatable bonds is 5. The molecule has 26 heavy (non-hydrogen) atoms. The van der Waals surface area contributed by atoms with Gasteiger partial charge >= 0.3 is 0 Å². The molecule has 0 bridgehead atoms. The van der Waals surface area contributed by atoms with Gasteiger partial charge in [-0.2, -0.15) is 4.31 Å². The summed E-state index contributed by atoms with van der Waals surface area (Å²) in [5, 5.41) is 0. The van der Waals surface area contributed by atoms with Gasteiger partial charge in [0.15, 0.2) is 0 Å². The summed E-state index contributed by atoms with van der Waals surface area (Å²) in [6.45, 7) is 4.78. The molecule has 138 valence electrons. The van der Waals surface area contributed by atoms with E-state index in [1.807, 2.05) is 0 Å². The van der Waals surface area contributed by atoms with Crippen LogP contribution in [0.1, 0.15) is 29.8 Å². The second-order valence-corrected chi connectivity index (χ2v) is 8.00. The van der Waals surface area contributed by atoms with Crippen molar-refractivity contribution in [1.82, 2.24) is 4.31 Å². The number of amides is 1. The molecule has 0 saturated carbocycles. The number of carbonyl (C=O) groups is 1. The van der Waals surface area contributed by atoms with Gasteiger partial charge in [-0.3, -0.25) is 4.79 Å².